The zero-order valence-electron chi connectivity index (χ0n) is 18.6. The van der Waals surface area contributed by atoms with Crippen LogP contribution in [0.3, 0.4) is 0 Å². The summed E-state index contributed by atoms with van der Waals surface area (Å²) in [5.74, 6) is 1.30. The highest BCUT2D eigenvalue weighted by atomic mass is 15.2. The van der Waals surface area contributed by atoms with Gasteiger partial charge in [-0.15, -0.1) is 0 Å². The Kier molecular flexibility index (Phi) is 4.78. The van der Waals surface area contributed by atoms with Crippen LogP contribution in [0.1, 0.15) is 33.7 Å². The van der Waals surface area contributed by atoms with Gasteiger partial charge in [0.25, 0.3) is 0 Å². The molecular formula is C24H29N7. The van der Waals surface area contributed by atoms with Crippen molar-refractivity contribution in [3.8, 4) is 0 Å². The normalized spacial score (nSPS) is 16.4. The number of piperazine rings is 1. The highest BCUT2D eigenvalue weighted by molar-refractivity contribution is 6.03. The van der Waals surface area contributed by atoms with Gasteiger partial charge in [0.2, 0.25) is 5.95 Å². The number of nitrogens with zero attached hydrogens (tertiary/aromatic N) is 5. The first kappa shape index (κ1) is 19.8. The van der Waals surface area contributed by atoms with Gasteiger partial charge in [-0.05, 0) is 45.9 Å². The summed E-state index contributed by atoms with van der Waals surface area (Å²) in [6.07, 6.45) is 5.92. The van der Waals surface area contributed by atoms with Gasteiger partial charge in [0.1, 0.15) is 11.3 Å². The molecule has 4 aromatic rings. The third kappa shape index (κ3) is 3.81. The van der Waals surface area contributed by atoms with Crippen LogP contribution in [0.4, 0.5) is 17.5 Å². The van der Waals surface area contributed by atoms with Crippen LogP contribution in [0.15, 0.2) is 48.9 Å². The molecule has 0 amide bonds. The van der Waals surface area contributed by atoms with Gasteiger partial charge in [-0.1, -0.05) is 12.1 Å². The van der Waals surface area contributed by atoms with Crippen LogP contribution in [-0.4, -0.2) is 44.7 Å². The first-order chi connectivity index (χ1) is 14.9. The van der Waals surface area contributed by atoms with E-state index in [1.54, 1.807) is 0 Å². The molecule has 7 nitrogen and oxygen atoms in total. The lowest BCUT2D eigenvalue weighted by atomic mass is 10.0. The van der Waals surface area contributed by atoms with E-state index in [1.807, 2.05) is 18.5 Å². The highest BCUT2D eigenvalue weighted by Crippen LogP contribution is 2.28. The second-order valence-corrected chi connectivity index (χ2v) is 9.21. The number of nitrogens with one attached hydrogen (secondary N) is 2. The van der Waals surface area contributed by atoms with Crippen molar-refractivity contribution < 1.29 is 0 Å². The summed E-state index contributed by atoms with van der Waals surface area (Å²) in [7, 11) is 0. The van der Waals surface area contributed by atoms with Crippen molar-refractivity contribution in [2.24, 2.45) is 0 Å². The van der Waals surface area contributed by atoms with E-state index in [1.165, 1.54) is 5.39 Å². The Labute approximate surface area is 182 Å². The van der Waals surface area contributed by atoms with E-state index in [-0.39, 0.29) is 5.54 Å². The zero-order chi connectivity index (χ0) is 21.6. The SMILES string of the molecule is CC(C)n1ccc2ccc3cnc(Nc4ccc(N5CCNC(C)(C)C5)cn4)nc3c21. The first-order valence-electron chi connectivity index (χ1n) is 10.9. The Hall–Kier alpha value is -3.19. The molecule has 1 aromatic carbocycles. The quantitative estimate of drug-likeness (QED) is 0.512. The maximum absolute atomic E-state index is 4.84. The van der Waals surface area contributed by atoms with E-state index in [4.69, 9.17) is 4.98 Å². The number of fused-ring (bicyclic) bond motifs is 3. The van der Waals surface area contributed by atoms with E-state index in [0.717, 1.165) is 47.6 Å². The van der Waals surface area contributed by atoms with Crippen molar-refractivity contribution in [3.63, 3.8) is 0 Å². The average molecular weight is 416 g/mol. The van der Waals surface area contributed by atoms with Crippen LogP contribution in [0.25, 0.3) is 21.8 Å². The number of hydrogen-bond donors (Lipinski definition) is 2. The second kappa shape index (κ2) is 7.50. The van der Waals surface area contributed by atoms with E-state index in [0.29, 0.717) is 12.0 Å². The number of pyridine rings is 1. The van der Waals surface area contributed by atoms with Crippen LogP contribution in [-0.2, 0) is 0 Å². The summed E-state index contributed by atoms with van der Waals surface area (Å²) in [6.45, 7) is 11.7. The van der Waals surface area contributed by atoms with E-state index >= 15 is 0 Å². The van der Waals surface area contributed by atoms with Gasteiger partial charge in [0.05, 0.1) is 17.4 Å². The minimum absolute atomic E-state index is 0.104. The number of hydrogen-bond acceptors (Lipinski definition) is 6. The van der Waals surface area contributed by atoms with Crippen molar-refractivity contribution in [1.82, 2.24) is 24.8 Å². The summed E-state index contributed by atoms with van der Waals surface area (Å²) in [6, 6.07) is 10.8. The highest BCUT2D eigenvalue weighted by Gasteiger charge is 2.25. The minimum Gasteiger partial charge on any atom is -0.367 e. The molecule has 5 rings (SSSR count). The summed E-state index contributed by atoms with van der Waals surface area (Å²) in [4.78, 5) is 16.3. The fourth-order valence-electron chi connectivity index (χ4n) is 4.35. The summed E-state index contributed by atoms with van der Waals surface area (Å²) < 4.78 is 2.26. The maximum Gasteiger partial charge on any atom is 0.228 e. The first-order valence-corrected chi connectivity index (χ1v) is 10.9. The van der Waals surface area contributed by atoms with Crippen molar-refractivity contribution in [2.75, 3.05) is 29.9 Å². The van der Waals surface area contributed by atoms with Crippen molar-refractivity contribution in [1.29, 1.82) is 0 Å². The van der Waals surface area contributed by atoms with Crippen LogP contribution >= 0.6 is 0 Å². The second-order valence-electron chi connectivity index (χ2n) is 9.21. The largest absolute Gasteiger partial charge is 0.367 e. The summed E-state index contributed by atoms with van der Waals surface area (Å²) in [5, 5.41) is 9.04. The summed E-state index contributed by atoms with van der Waals surface area (Å²) >= 11 is 0. The molecule has 1 aliphatic rings. The molecule has 2 N–H and O–H groups in total. The predicted octanol–water partition coefficient (Wildman–Crippen LogP) is 4.49. The molecule has 31 heavy (non-hydrogen) atoms. The van der Waals surface area contributed by atoms with Gasteiger partial charge in [-0.3, -0.25) is 0 Å². The Bertz CT molecular complexity index is 1220. The molecule has 0 spiro atoms. The third-order valence-corrected chi connectivity index (χ3v) is 5.91. The fraction of sp³-hybridized carbons (Fsp3) is 0.375. The van der Waals surface area contributed by atoms with Gasteiger partial charge in [0, 0.05) is 54.4 Å². The predicted molar refractivity (Wildman–Crippen MR) is 127 cm³/mol. The number of benzene rings is 1. The van der Waals surface area contributed by atoms with Crippen LogP contribution in [0.2, 0.25) is 0 Å². The smallest absolute Gasteiger partial charge is 0.228 e. The molecule has 1 fully saturated rings. The van der Waals surface area contributed by atoms with E-state index in [2.05, 4.69) is 88.2 Å². The molecule has 0 saturated carbocycles. The van der Waals surface area contributed by atoms with Gasteiger partial charge >= 0.3 is 0 Å². The molecule has 7 heteroatoms. The van der Waals surface area contributed by atoms with Crippen LogP contribution in [0, 0.1) is 0 Å². The summed E-state index contributed by atoms with van der Waals surface area (Å²) in [5.41, 5.74) is 3.33. The van der Waals surface area contributed by atoms with Gasteiger partial charge < -0.3 is 20.1 Å². The van der Waals surface area contributed by atoms with E-state index in [9.17, 15) is 0 Å². The monoisotopic (exact) mass is 415 g/mol. The number of aromatic nitrogens is 4. The average Bonchev–Trinajstić information content (AvgIpc) is 3.19. The molecule has 0 unspecified atom stereocenters. The molecule has 160 valence electrons. The van der Waals surface area contributed by atoms with Crippen molar-refractivity contribution in [3.05, 3.63) is 48.9 Å². The molecule has 4 heterocycles. The van der Waals surface area contributed by atoms with Crippen molar-refractivity contribution in [2.45, 2.75) is 39.3 Å². The molecule has 0 radical (unpaired) electrons. The molecule has 0 atom stereocenters. The molecule has 1 aliphatic heterocycles. The Morgan fingerprint density at radius 1 is 1.03 bits per heavy atom. The minimum atomic E-state index is 0.104. The lowest BCUT2D eigenvalue weighted by Crippen LogP contribution is -2.57. The van der Waals surface area contributed by atoms with Gasteiger partial charge in [-0.2, -0.15) is 0 Å². The topological polar surface area (TPSA) is 70.9 Å². The van der Waals surface area contributed by atoms with Crippen LogP contribution < -0.4 is 15.5 Å². The molecule has 0 aliphatic carbocycles. The zero-order valence-corrected chi connectivity index (χ0v) is 18.6. The Morgan fingerprint density at radius 2 is 1.87 bits per heavy atom. The van der Waals surface area contributed by atoms with Gasteiger partial charge in [0.15, 0.2) is 0 Å². The van der Waals surface area contributed by atoms with Crippen LogP contribution in [0.5, 0.6) is 0 Å². The lowest BCUT2D eigenvalue weighted by Gasteiger charge is -2.40. The fourth-order valence-corrected chi connectivity index (χ4v) is 4.35. The molecule has 0 bridgehead atoms. The van der Waals surface area contributed by atoms with Crippen molar-refractivity contribution >= 4 is 39.3 Å². The Balaban J connectivity index is 1.42. The maximum atomic E-state index is 4.84. The molecule has 3 aromatic heterocycles. The van der Waals surface area contributed by atoms with Gasteiger partial charge in [-0.25, -0.2) is 15.0 Å². The number of anilines is 3. The number of rotatable bonds is 4. The Morgan fingerprint density at radius 3 is 2.61 bits per heavy atom. The third-order valence-electron chi connectivity index (χ3n) is 5.91. The molecule has 1 saturated heterocycles. The standard InChI is InChI=1S/C24H29N7/c1-16(2)31-11-9-17-5-6-18-13-26-23(29-21(18)22(17)31)28-20-8-7-19(14-25-20)30-12-10-27-24(3,4)15-30/h5-9,11,13-14,16,27H,10,12,15H2,1-4H3,(H,25,26,28,29). The lowest BCUT2D eigenvalue weighted by molar-refractivity contribution is 0.353. The van der Waals surface area contributed by atoms with E-state index < -0.39 is 0 Å². The molecular weight excluding hydrogens is 386 g/mol.